The second-order valence-electron chi connectivity index (χ2n) is 13.2. The lowest BCUT2D eigenvalue weighted by molar-refractivity contribution is -0.117. The van der Waals surface area contributed by atoms with Crippen molar-refractivity contribution >= 4 is 39.1 Å². The summed E-state index contributed by atoms with van der Waals surface area (Å²) in [4.78, 5) is 35.6. The van der Waals surface area contributed by atoms with E-state index in [9.17, 15) is 14.4 Å². The highest BCUT2D eigenvalue weighted by atomic mass is 79.9. The van der Waals surface area contributed by atoms with Gasteiger partial charge in [0.15, 0.2) is 0 Å². The van der Waals surface area contributed by atoms with Crippen LogP contribution in [-0.2, 0) is 39.0 Å². The van der Waals surface area contributed by atoms with Crippen molar-refractivity contribution in [2.75, 3.05) is 50.3 Å². The van der Waals surface area contributed by atoms with Crippen LogP contribution in [0.15, 0.2) is 45.8 Å². The fraction of sp³-hybridized carbons (Fsp3) is 0.486. The number of hydrogen-bond donors (Lipinski definition) is 2. The van der Waals surface area contributed by atoms with Gasteiger partial charge in [0.1, 0.15) is 11.5 Å². The third kappa shape index (κ3) is 8.48. The fourth-order valence-corrected chi connectivity index (χ4v) is 7.09. The van der Waals surface area contributed by atoms with Gasteiger partial charge >= 0.3 is 0 Å². The number of aryl methyl sites for hydroxylation is 4. The first kappa shape index (κ1) is 34.2. The van der Waals surface area contributed by atoms with Crippen molar-refractivity contribution in [2.24, 2.45) is 18.9 Å². The number of pyridine rings is 1. The number of benzene rings is 2. The van der Waals surface area contributed by atoms with Crippen molar-refractivity contribution in [1.29, 1.82) is 0 Å². The van der Waals surface area contributed by atoms with Crippen molar-refractivity contribution in [3.63, 3.8) is 0 Å². The fourth-order valence-electron chi connectivity index (χ4n) is 6.61. The Balaban J connectivity index is 0.000000177. The van der Waals surface area contributed by atoms with Crippen LogP contribution in [0.2, 0.25) is 0 Å². The summed E-state index contributed by atoms with van der Waals surface area (Å²) in [7, 11) is 1.76. The van der Waals surface area contributed by atoms with Crippen LogP contribution >= 0.6 is 15.9 Å². The summed E-state index contributed by atoms with van der Waals surface area (Å²) in [5, 5.41) is 5.90. The van der Waals surface area contributed by atoms with E-state index in [2.05, 4.69) is 32.6 Å². The Morgan fingerprint density at radius 1 is 0.771 bits per heavy atom. The Kier molecular flexibility index (Phi) is 11.2. The normalized spacial score (nSPS) is 20.3. The molecule has 2 unspecified atom stereocenters. The first-order valence-electron chi connectivity index (χ1n) is 16.9. The van der Waals surface area contributed by atoms with E-state index in [4.69, 9.17) is 18.9 Å². The summed E-state index contributed by atoms with van der Waals surface area (Å²) >= 11 is 3.50. The lowest BCUT2D eigenvalue weighted by Crippen LogP contribution is -2.24. The molecule has 0 aliphatic carbocycles. The van der Waals surface area contributed by atoms with E-state index in [1.54, 1.807) is 11.6 Å². The topological polar surface area (TPSA) is 117 Å². The van der Waals surface area contributed by atoms with Crippen molar-refractivity contribution in [2.45, 2.75) is 58.3 Å². The van der Waals surface area contributed by atoms with Gasteiger partial charge in [-0.1, -0.05) is 15.9 Å². The molecule has 4 aliphatic rings. The molecule has 3 aromatic rings. The van der Waals surface area contributed by atoms with Crippen LogP contribution in [0.3, 0.4) is 0 Å². The molecule has 5 heterocycles. The van der Waals surface area contributed by atoms with E-state index in [0.717, 1.165) is 95.8 Å². The zero-order valence-corrected chi connectivity index (χ0v) is 29.3. The Labute approximate surface area is 289 Å². The number of nitrogens with one attached hydrogen (secondary N) is 2. The highest BCUT2D eigenvalue weighted by Gasteiger charge is 2.24. The molecule has 2 aromatic carbocycles. The summed E-state index contributed by atoms with van der Waals surface area (Å²) in [6.07, 6.45) is 8.69. The van der Waals surface area contributed by atoms with E-state index in [-0.39, 0.29) is 17.4 Å². The summed E-state index contributed by atoms with van der Waals surface area (Å²) in [6.45, 7) is 6.20. The first-order valence-corrected chi connectivity index (χ1v) is 17.7. The quantitative estimate of drug-likeness (QED) is 0.299. The second kappa shape index (κ2) is 15.7. The second-order valence-corrected chi connectivity index (χ2v) is 14.1. The maximum atomic E-state index is 12.0. The molecule has 0 radical (unpaired) electrons. The number of amides is 2. The standard InChI is InChI=1S/C22H26N2O4.C15H18BrNO3/c1-14-8-18(11-24(2)22(14)26)17-9-16-5-6-20(25)23-21(16)19(10-17)28-13-15-4-3-7-27-12-15;16-12-6-11-3-4-14(18)17-15(11)13(7-12)20-9-10-2-1-5-19-8-10/h8-11,15H,3-7,12-13H2,1-2H3,(H,23,25);6-7,10H,1-5,8-9H2,(H,17,18). The minimum Gasteiger partial charge on any atom is -0.491 e. The molecule has 0 spiro atoms. The Bertz CT molecular complexity index is 1680. The SMILES string of the molecule is Cc1cc(-c2cc3c(c(OCC4CCCOC4)c2)NC(=O)CC3)cn(C)c1=O.O=C1CCc2cc(Br)cc(OCC3CCCOC3)c2N1. The molecule has 2 atom stereocenters. The predicted octanol–water partition coefficient (Wildman–Crippen LogP) is 6.19. The minimum absolute atomic E-state index is 0.00254. The molecule has 0 bridgehead atoms. The van der Waals surface area contributed by atoms with Crippen LogP contribution in [-0.4, -0.2) is 56.0 Å². The molecule has 11 heteroatoms. The molecule has 1 aromatic heterocycles. The summed E-state index contributed by atoms with van der Waals surface area (Å²) < 4.78 is 25.7. The number of carbonyl (C=O) groups is 2. The van der Waals surface area contributed by atoms with Gasteiger partial charge in [-0.25, -0.2) is 0 Å². The molecular weight excluding hydrogens is 678 g/mol. The highest BCUT2D eigenvalue weighted by molar-refractivity contribution is 9.10. The Morgan fingerprint density at radius 3 is 1.88 bits per heavy atom. The van der Waals surface area contributed by atoms with Crippen molar-refractivity contribution in [3.05, 3.63) is 68.0 Å². The average Bonchev–Trinajstić information content (AvgIpc) is 3.09. The molecule has 0 saturated carbocycles. The van der Waals surface area contributed by atoms with Crippen LogP contribution in [0.25, 0.3) is 11.1 Å². The van der Waals surface area contributed by atoms with E-state index in [1.807, 2.05) is 37.4 Å². The van der Waals surface area contributed by atoms with Gasteiger partial charge in [-0.3, -0.25) is 14.4 Å². The van der Waals surface area contributed by atoms with E-state index < -0.39 is 0 Å². The number of carbonyl (C=O) groups excluding carboxylic acids is 2. The number of ether oxygens (including phenoxy) is 4. The van der Waals surface area contributed by atoms with Gasteiger partial charge in [-0.05, 0) is 98.0 Å². The molecule has 2 amide bonds. The molecule has 2 N–H and O–H groups in total. The number of fused-ring (bicyclic) bond motifs is 2. The maximum Gasteiger partial charge on any atom is 0.253 e. The van der Waals surface area contributed by atoms with Gasteiger partial charge in [-0.15, -0.1) is 0 Å². The lowest BCUT2D eigenvalue weighted by Gasteiger charge is -2.25. The summed E-state index contributed by atoms with van der Waals surface area (Å²) in [5.41, 5.74) is 6.47. The van der Waals surface area contributed by atoms with Crippen LogP contribution in [0, 0.1) is 18.8 Å². The molecule has 2 saturated heterocycles. The third-order valence-corrected chi connectivity index (χ3v) is 9.72. The predicted molar refractivity (Wildman–Crippen MR) is 188 cm³/mol. The molecule has 7 rings (SSSR count). The van der Waals surface area contributed by atoms with Gasteiger partial charge in [-0.2, -0.15) is 0 Å². The largest absolute Gasteiger partial charge is 0.491 e. The monoisotopic (exact) mass is 721 g/mol. The van der Waals surface area contributed by atoms with Gasteiger partial charge in [0.2, 0.25) is 11.8 Å². The minimum atomic E-state index is 0.00254. The number of rotatable bonds is 7. The Morgan fingerprint density at radius 2 is 1.33 bits per heavy atom. The summed E-state index contributed by atoms with van der Waals surface area (Å²) in [6, 6.07) is 9.93. The van der Waals surface area contributed by atoms with E-state index in [0.29, 0.717) is 62.2 Å². The number of anilines is 2. The average molecular weight is 723 g/mol. The maximum absolute atomic E-state index is 12.0. The zero-order chi connectivity index (χ0) is 33.6. The molecule has 2 fully saturated rings. The van der Waals surface area contributed by atoms with Crippen LogP contribution < -0.4 is 25.7 Å². The van der Waals surface area contributed by atoms with Crippen LogP contribution in [0.5, 0.6) is 11.5 Å². The molecule has 4 aliphatic heterocycles. The van der Waals surface area contributed by atoms with E-state index in [1.165, 1.54) is 0 Å². The van der Waals surface area contributed by atoms with Crippen LogP contribution in [0.4, 0.5) is 11.4 Å². The number of aromatic nitrogens is 1. The number of hydrogen-bond acceptors (Lipinski definition) is 7. The van der Waals surface area contributed by atoms with Crippen LogP contribution in [0.1, 0.15) is 55.2 Å². The third-order valence-electron chi connectivity index (χ3n) is 9.26. The Hall–Kier alpha value is -3.67. The number of nitrogens with zero attached hydrogens (tertiary/aromatic N) is 1. The van der Waals surface area contributed by atoms with Gasteiger partial charge < -0.3 is 34.1 Å². The smallest absolute Gasteiger partial charge is 0.253 e. The molecule has 10 nitrogen and oxygen atoms in total. The van der Waals surface area contributed by atoms with Crippen molar-refractivity contribution < 1.29 is 28.5 Å². The summed E-state index contributed by atoms with van der Waals surface area (Å²) in [5.74, 6) is 2.34. The lowest BCUT2D eigenvalue weighted by atomic mass is 9.96. The molecule has 256 valence electrons. The van der Waals surface area contributed by atoms with Gasteiger partial charge in [0.25, 0.3) is 5.56 Å². The van der Waals surface area contributed by atoms with Crippen molar-refractivity contribution in [3.8, 4) is 22.6 Å². The van der Waals surface area contributed by atoms with Gasteiger partial charge in [0, 0.05) is 61.2 Å². The molecular formula is C37H44BrN3O7. The molecule has 48 heavy (non-hydrogen) atoms. The highest BCUT2D eigenvalue weighted by Crippen LogP contribution is 2.39. The van der Waals surface area contributed by atoms with Gasteiger partial charge in [0.05, 0.1) is 37.8 Å². The number of halogens is 1. The van der Waals surface area contributed by atoms with E-state index >= 15 is 0 Å². The zero-order valence-electron chi connectivity index (χ0n) is 27.7. The van der Waals surface area contributed by atoms with Crippen molar-refractivity contribution in [1.82, 2.24) is 4.57 Å². The first-order chi connectivity index (χ1) is 23.2.